The molecule has 4 aliphatic rings. The molecule has 0 aromatic carbocycles. The summed E-state index contributed by atoms with van der Waals surface area (Å²) in [7, 11) is 0. The van der Waals surface area contributed by atoms with Crippen molar-refractivity contribution in [1.82, 2.24) is 0 Å². The van der Waals surface area contributed by atoms with Crippen LogP contribution in [0.5, 0.6) is 0 Å². The van der Waals surface area contributed by atoms with Crippen LogP contribution in [0.15, 0.2) is 0 Å². The van der Waals surface area contributed by atoms with E-state index < -0.39 is 0 Å². The van der Waals surface area contributed by atoms with Crippen molar-refractivity contribution in [2.75, 3.05) is 18.9 Å². The smallest absolute Gasteiger partial charge is 0.142 e. The number of hydrogen-bond donors (Lipinski definition) is 2. The molecule has 4 aliphatic carbocycles. The number of carbonyl (C=O) groups is 2. The summed E-state index contributed by atoms with van der Waals surface area (Å²) in [6, 6.07) is 0. The van der Waals surface area contributed by atoms with Gasteiger partial charge >= 0.3 is 0 Å². The van der Waals surface area contributed by atoms with Gasteiger partial charge in [-0.3, -0.25) is 9.59 Å². The Kier molecular flexibility index (Phi) is 5.74. The first kappa shape index (κ1) is 20.9. The van der Waals surface area contributed by atoms with E-state index in [0.29, 0.717) is 23.4 Å². The van der Waals surface area contributed by atoms with Gasteiger partial charge in [-0.1, -0.05) is 13.8 Å². The van der Waals surface area contributed by atoms with Crippen LogP contribution < -0.4 is 5.73 Å². The van der Waals surface area contributed by atoms with Crippen LogP contribution in [-0.4, -0.2) is 40.8 Å². The van der Waals surface area contributed by atoms with Gasteiger partial charge < -0.3 is 10.8 Å². The highest BCUT2D eigenvalue weighted by Gasteiger charge is 2.65. The summed E-state index contributed by atoms with van der Waals surface area (Å²) < 4.78 is 0. The number of rotatable bonds is 5. The molecule has 158 valence electrons. The van der Waals surface area contributed by atoms with Crippen molar-refractivity contribution in [3.8, 4) is 0 Å². The van der Waals surface area contributed by atoms with Gasteiger partial charge in [0.1, 0.15) is 11.6 Å². The van der Waals surface area contributed by atoms with E-state index in [4.69, 9.17) is 5.73 Å². The van der Waals surface area contributed by atoms with Crippen LogP contribution in [0.4, 0.5) is 0 Å². The second kappa shape index (κ2) is 7.70. The predicted octanol–water partition coefficient (Wildman–Crippen LogP) is 3.45. The minimum Gasteiger partial charge on any atom is -0.396 e. The SMILES string of the molecule is C[C@]12CC[C@@H](SCCCN)CC1[C@@H](CO)C(=O)[C@@H]1[C@@H]2CC[C@]2(C)C(=O)CC[C@@H]12. The highest BCUT2D eigenvalue weighted by molar-refractivity contribution is 7.99. The molecule has 0 aromatic rings. The van der Waals surface area contributed by atoms with Gasteiger partial charge in [0.25, 0.3) is 0 Å². The molecular weight excluding hydrogens is 370 g/mol. The molecule has 4 fully saturated rings. The Morgan fingerprint density at radius 3 is 2.61 bits per heavy atom. The van der Waals surface area contributed by atoms with Crippen molar-refractivity contribution < 1.29 is 14.7 Å². The molecule has 4 rings (SSSR count). The van der Waals surface area contributed by atoms with Crippen LogP contribution in [0.3, 0.4) is 0 Å². The van der Waals surface area contributed by atoms with Gasteiger partial charge in [0, 0.05) is 28.9 Å². The highest BCUT2D eigenvalue weighted by Crippen LogP contribution is 2.66. The average molecular weight is 408 g/mol. The fourth-order valence-corrected chi connectivity index (χ4v) is 8.90. The van der Waals surface area contributed by atoms with E-state index in [1.807, 2.05) is 11.8 Å². The number of aliphatic hydroxyl groups is 1. The molecule has 0 aromatic heterocycles. The lowest BCUT2D eigenvalue weighted by Gasteiger charge is -2.61. The maximum Gasteiger partial charge on any atom is 0.142 e. The third-order valence-electron chi connectivity index (χ3n) is 9.27. The maximum atomic E-state index is 13.7. The van der Waals surface area contributed by atoms with Crippen molar-refractivity contribution in [3.63, 3.8) is 0 Å². The van der Waals surface area contributed by atoms with Crippen LogP contribution in [0.25, 0.3) is 0 Å². The standard InChI is InChI=1S/C23H37NO3S/c1-22-8-6-14(28-11-3-10-24)12-18(22)15(13-25)21(27)20-16-4-5-19(26)23(16,2)9-7-17(20)22/h14-18,20,25H,3-13,24H2,1-2H3/t14-,15-,16+,17+,18?,20+,22-,23+/m1/s1. The summed E-state index contributed by atoms with van der Waals surface area (Å²) in [5, 5.41) is 10.8. The summed E-state index contributed by atoms with van der Waals surface area (Å²) in [4.78, 5) is 26.3. The van der Waals surface area contributed by atoms with Crippen LogP contribution in [0.2, 0.25) is 0 Å². The minimum absolute atomic E-state index is 0.00922. The number of fused-ring (bicyclic) bond motifs is 5. The lowest BCUT2D eigenvalue weighted by molar-refractivity contribution is -0.169. The van der Waals surface area contributed by atoms with Gasteiger partial charge in [-0.25, -0.2) is 0 Å². The molecule has 0 radical (unpaired) electrons. The second-order valence-corrected chi connectivity index (χ2v) is 11.8. The zero-order chi connectivity index (χ0) is 20.1. The Bertz CT molecular complexity index is 639. The number of hydrogen-bond acceptors (Lipinski definition) is 5. The number of aliphatic hydroxyl groups excluding tert-OH is 1. The summed E-state index contributed by atoms with van der Waals surface area (Å²) in [6.45, 7) is 5.23. The summed E-state index contributed by atoms with van der Waals surface area (Å²) in [6.07, 6.45) is 7.92. The first-order valence-electron chi connectivity index (χ1n) is 11.4. The first-order valence-corrected chi connectivity index (χ1v) is 12.4. The third-order valence-corrected chi connectivity index (χ3v) is 10.7. The Morgan fingerprint density at radius 2 is 1.89 bits per heavy atom. The van der Waals surface area contributed by atoms with Crippen LogP contribution in [-0.2, 0) is 9.59 Å². The van der Waals surface area contributed by atoms with E-state index in [9.17, 15) is 14.7 Å². The first-order chi connectivity index (χ1) is 13.4. The Labute approximate surface area is 173 Å². The summed E-state index contributed by atoms with van der Waals surface area (Å²) in [5.41, 5.74) is 5.49. The molecular formula is C23H37NO3S. The highest BCUT2D eigenvalue weighted by atomic mass is 32.2. The largest absolute Gasteiger partial charge is 0.396 e. The van der Waals surface area contributed by atoms with Crippen molar-refractivity contribution in [2.24, 2.45) is 46.2 Å². The van der Waals surface area contributed by atoms with E-state index in [2.05, 4.69) is 13.8 Å². The lowest BCUT2D eigenvalue weighted by atomic mass is 9.43. The lowest BCUT2D eigenvalue weighted by Crippen LogP contribution is -2.61. The van der Waals surface area contributed by atoms with Gasteiger partial charge in [0.2, 0.25) is 0 Å². The number of ketones is 2. The summed E-state index contributed by atoms with van der Waals surface area (Å²) in [5.74, 6) is 2.40. The molecule has 0 heterocycles. The number of thioether (sulfide) groups is 1. The van der Waals surface area contributed by atoms with Gasteiger partial charge in [-0.15, -0.1) is 0 Å². The fourth-order valence-electron chi connectivity index (χ4n) is 7.61. The molecule has 4 nitrogen and oxygen atoms in total. The summed E-state index contributed by atoms with van der Waals surface area (Å²) >= 11 is 2.02. The average Bonchev–Trinajstić information content (AvgIpc) is 2.98. The molecule has 0 aliphatic heterocycles. The molecule has 0 saturated heterocycles. The molecule has 0 bridgehead atoms. The zero-order valence-electron chi connectivity index (χ0n) is 17.5. The van der Waals surface area contributed by atoms with E-state index in [0.717, 1.165) is 50.8 Å². The topological polar surface area (TPSA) is 80.4 Å². The van der Waals surface area contributed by atoms with Crippen LogP contribution in [0, 0.1) is 40.4 Å². The Morgan fingerprint density at radius 1 is 1.11 bits per heavy atom. The molecule has 1 unspecified atom stereocenters. The minimum atomic E-state index is -0.296. The molecule has 3 N–H and O–H groups in total. The molecule has 0 amide bonds. The van der Waals surface area contributed by atoms with Crippen molar-refractivity contribution in [2.45, 2.75) is 70.5 Å². The molecule has 8 atom stereocenters. The number of Topliss-reactive ketones (excluding diaryl/α,β-unsaturated/α-hetero) is 2. The van der Waals surface area contributed by atoms with Gasteiger partial charge in [-0.05, 0) is 80.4 Å². The number of nitrogens with two attached hydrogens (primary N) is 1. The molecule has 4 saturated carbocycles. The molecule has 28 heavy (non-hydrogen) atoms. The zero-order valence-corrected chi connectivity index (χ0v) is 18.3. The second-order valence-electron chi connectivity index (χ2n) is 10.4. The maximum absolute atomic E-state index is 13.7. The van der Waals surface area contributed by atoms with E-state index in [1.54, 1.807) is 0 Å². The van der Waals surface area contributed by atoms with Gasteiger partial charge in [0.15, 0.2) is 0 Å². The predicted molar refractivity (Wildman–Crippen MR) is 113 cm³/mol. The fraction of sp³-hybridized carbons (Fsp3) is 0.913. The van der Waals surface area contributed by atoms with Crippen molar-refractivity contribution >= 4 is 23.3 Å². The van der Waals surface area contributed by atoms with E-state index in [1.165, 1.54) is 6.42 Å². The van der Waals surface area contributed by atoms with Crippen molar-refractivity contribution in [3.05, 3.63) is 0 Å². The van der Waals surface area contributed by atoms with Crippen LogP contribution >= 0.6 is 11.8 Å². The molecule has 0 spiro atoms. The quantitative estimate of drug-likeness (QED) is 0.682. The monoisotopic (exact) mass is 407 g/mol. The van der Waals surface area contributed by atoms with Gasteiger partial charge in [0.05, 0.1) is 6.61 Å². The Balaban J connectivity index is 1.61. The third kappa shape index (κ3) is 3.02. The molecule has 5 heteroatoms. The Hall–Kier alpha value is -0.390. The van der Waals surface area contributed by atoms with E-state index >= 15 is 0 Å². The number of carbonyl (C=O) groups excluding carboxylic acids is 2. The normalized spacial score (nSPS) is 48.1. The van der Waals surface area contributed by atoms with E-state index in [-0.39, 0.29) is 46.9 Å². The van der Waals surface area contributed by atoms with Crippen LogP contribution in [0.1, 0.15) is 65.2 Å². The van der Waals surface area contributed by atoms with Gasteiger partial charge in [-0.2, -0.15) is 11.8 Å². The van der Waals surface area contributed by atoms with Crippen molar-refractivity contribution in [1.29, 1.82) is 0 Å².